The van der Waals surface area contributed by atoms with Gasteiger partial charge in [0.15, 0.2) is 0 Å². The molecule has 6 heteroatoms. The lowest BCUT2D eigenvalue weighted by molar-refractivity contribution is 0.280. The molecule has 3 heterocycles. The first-order chi connectivity index (χ1) is 17.1. The molecule has 0 amide bonds. The number of aromatic nitrogens is 3. The van der Waals surface area contributed by atoms with Crippen LogP contribution in [0.3, 0.4) is 0 Å². The molecule has 0 unspecified atom stereocenters. The number of rotatable bonds is 5. The highest BCUT2D eigenvalue weighted by Crippen LogP contribution is 2.20. The Hall–Kier alpha value is -4.08. The van der Waals surface area contributed by atoms with Crippen LogP contribution in [-0.4, -0.2) is 39.2 Å². The summed E-state index contributed by atoms with van der Waals surface area (Å²) in [6, 6.07) is 18.2. The average molecular weight is 465 g/mol. The Morgan fingerprint density at radius 1 is 1.03 bits per heavy atom. The molecule has 5 rings (SSSR count). The van der Waals surface area contributed by atoms with E-state index in [9.17, 15) is 4.79 Å². The Bertz CT molecular complexity index is 1440. The van der Waals surface area contributed by atoms with Crippen molar-refractivity contribution in [1.29, 1.82) is 0 Å². The molecule has 2 aromatic carbocycles. The number of hydrogen-bond donors (Lipinski definition) is 0. The molecule has 0 fully saturated rings. The largest absolute Gasteiger partial charge is 0.497 e. The van der Waals surface area contributed by atoms with Crippen LogP contribution in [0.4, 0.5) is 0 Å². The highest BCUT2D eigenvalue weighted by molar-refractivity contribution is 5.63. The van der Waals surface area contributed by atoms with E-state index in [1.807, 2.05) is 42.1 Å². The van der Waals surface area contributed by atoms with E-state index in [-0.39, 0.29) is 5.56 Å². The fraction of sp³-hybridized carbons (Fsp3) is 0.241. The molecule has 0 atom stereocenters. The minimum atomic E-state index is 0.0370. The van der Waals surface area contributed by atoms with Crippen molar-refractivity contribution in [3.8, 4) is 28.7 Å². The molecule has 0 saturated heterocycles. The standard InChI is InChI=1S/C29H28N4O2/c1-31-16-13-25(19-31)24-9-5-23(6-10-24)18-33-21-30-28-14-17-32(20-27(28)29(33)34)15-3-4-22-7-11-26(35-2)12-8-22/h5-13,16,19,21H,14-15,17-18,20H2,1-2H3. The van der Waals surface area contributed by atoms with Gasteiger partial charge in [0.05, 0.1) is 37.8 Å². The first kappa shape index (κ1) is 22.7. The topological polar surface area (TPSA) is 52.3 Å². The Labute approximate surface area is 205 Å². The number of methoxy groups -OCH3 is 1. The number of hydrogen-bond acceptors (Lipinski definition) is 4. The number of ether oxygens (including phenoxy) is 1. The van der Waals surface area contributed by atoms with Gasteiger partial charge in [0.1, 0.15) is 5.75 Å². The van der Waals surface area contributed by atoms with Crippen LogP contribution in [0, 0.1) is 11.8 Å². The zero-order valence-corrected chi connectivity index (χ0v) is 20.1. The predicted molar refractivity (Wildman–Crippen MR) is 137 cm³/mol. The van der Waals surface area contributed by atoms with Crippen molar-refractivity contribution in [2.45, 2.75) is 19.5 Å². The first-order valence-corrected chi connectivity index (χ1v) is 11.7. The summed E-state index contributed by atoms with van der Waals surface area (Å²) in [5.41, 5.74) is 6.10. The Morgan fingerprint density at radius 2 is 1.83 bits per heavy atom. The van der Waals surface area contributed by atoms with Gasteiger partial charge in [-0.15, -0.1) is 0 Å². The number of aryl methyl sites for hydroxylation is 1. The Balaban J connectivity index is 1.26. The van der Waals surface area contributed by atoms with Crippen LogP contribution in [0.25, 0.3) is 11.1 Å². The molecule has 0 N–H and O–H groups in total. The lowest BCUT2D eigenvalue weighted by Crippen LogP contribution is -2.38. The molecule has 6 nitrogen and oxygen atoms in total. The molecular formula is C29H28N4O2. The molecule has 1 aliphatic heterocycles. The van der Waals surface area contributed by atoms with Gasteiger partial charge in [-0.1, -0.05) is 36.1 Å². The van der Waals surface area contributed by atoms with Crippen molar-refractivity contribution in [3.05, 3.63) is 106 Å². The molecule has 0 bridgehead atoms. The van der Waals surface area contributed by atoms with Crippen molar-refractivity contribution in [3.63, 3.8) is 0 Å². The summed E-state index contributed by atoms with van der Waals surface area (Å²) in [4.78, 5) is 20.1. The third-order valence-corrected chi connectivity index (χ3v) is 6.36. The minimum Gasteiger partial charge on any atom is -0.497 e. The van der Waals surface area contributed by atoms with E-state index in [4.69, 9.17) is 4.74 Å². The van der Waals surface area contributed by atoms with E-state index in [1.54, 1.807) is 18.0 Å². The quantitative estimate of drug-likeness (QED) is 0.423. The van der Waals surface area contributed by atoms with Gasteiger partial charge in [-0.05, 0) is 47.0 Å². The van der Waals surface area contributed by atoms with E-state index in [0.29, 0.717) is 19.6 Å². The summed E-state index contributed by atoms with van der Waals surface area (Å²) < 4.78 is 8.94. The second kappa shape index (κ2) is 10.0. The normalized spacial score (nSPS) is 13.1. The van der Waals surface area contributed by atoms with Crippen LogP contribution in [0.1, 0.15) is 22.4 Å². The summed E-state index contributed by atoms with van der Waals surface area (Å²) in [6.45, 7) is 2.54. The van der Waals surface area contributed by atoms with Gasteiger partial charge in [-0.25, -0.2) is 4.98 Å². The van der Waals surface area contributed by atoms with Gasteiger partial charge in [0, 0.05) is 44.5 Å². The molecule has 35 heavy (non-hydrogen) atoms. The number of nitrogens with zero attached hydrogens (tertiary/aromatic N) is 4. The van der Waals surface area contributed by atoms with E-state index in [0.717, 1.165) is 46.7 Å². The summed E-state index contributed by atoms with van der Waals surface area (Å²) in [7, 11) is 3.67. The van der Waals surface area contributed by atoms with Gasteiger partial charge in [0.2, 0.25) is 0 Å². The smallest absolute Gasteiger partial charge is 0.258 e. The Kier molecular flexibility index (Phi) is 6.51. The lowest BCUT2D eigenvalue weighted by Gasteiger charge is -2.26. The third kappa shape index (κ3) is 5.21. The number of benzene rings is 2. The van der Waals surface area contributed by atoms with Gasteiger partial charge < -0.3 is 9.30 Å². The van der Waals surface area contributed by atoms with Crippen LogP contribution in [0.2, 0.25) is 0 Å². The van der Waals surface area contributed by atoms with E-state index in [2.05, 4.69) is 58.3 Å². The van der Waals surface area contributed by atoms with Crippen LogP contribution >= 0.6 is 0 Å². The van der Waals surface area contributed by atoms with Gasteiger partial charge in [-0.3, -0.25) is 14.3 Å². The predicted octanol–water partition coefficient (Wildman–Crippen LogP) is 3.72. The molecular weight excluding hydrogens is 436 g/mol. The van der Waals surface area contributed by atoms with Gasteiger partial charge >= 0.3 is 0 Å². The fourth-order valence-electron chi connectivity index (χ4n) is 4.36. The van der Waals surface area contributed by atoms with Crippen molar-refractivity contribution in [2.24, 2.45) is 7.05 Å². The monoisotopic (exact) mass is 464 g/mol. The zero-order chi connectivity index (χ0) is 24.2. The van der Waals surface area contributed by atoms with Crippen LogP contribution in [0.5, 0.6) is 5.75 Å². The maximum absolute atomic E-state index is 13.3. The van der Waals surface area contributed by atoms with E-state index < -0.39 is 0 Å². The maximum Gasteiger partial charge on any atom is 0.258 e. The minimum absolute atomic E-state index is 0.0370. The molecule has 0 radical (unpaired) electrons. The van der Waals surface area contributed by atoms with Crippen molar-refractivity contribution >= 4 is 0 Å². The molecule has 0 spiro atoms. The zero-order valence-electron chi connectivity index (χ0n) is 20.1. The van der Waals surface area contributed by atoms with Crippen molar-refractivity contribution < 1.29 is 4.74 Å². The summed E-state index contributed by atoms with van der Waals surface area (Å²) in [5, 5.41) is 0. The summed E-state index contributed by atoms with van der Waals surface area (Å²) in [5.74, 6) is 7.25. The highest BCUT2D eigenvalue weighted by atomic mass is 16.5. The Morgan fingerprint density at radius 3 is 2.54 bits per heavy atom. The number of fused-ring (bicyclic) bond motifs is 1. The fourth-order valence-corrected chi connectivity index (χ4v) is 4.36. The molecule has 176 valence electrons. The molecule has 1 aliphatic rings. The van der Waals surface area contributed by atoms with E-state index in [1.165, 1.54) is 5.56 Å². The molecule has 4 aromatic rings. The molecule has 0 saturated carbocycles. The second-order valence-corrected chi connectivity index (χ2v) is 8.86. The second-order valence-electron chi connectivity index (χ2n) is 8.86. The lowest BCUT2D eigenvalue weighted by atomic mass is 10.1. The SMILES string of the molecule is COc1ccc(C#CCN2CCc3ncn(Cc4ccc(-c5ccn(C)c5)cc4)c(=O)c3C2)cc1. The highest BCUT2D eigenvalue weighted by Gasteiger charge is 2.20. The summed E-state index contributed by atoms with van der Waals surface area (Å²) >= 11 is 0. The van der Waals surface area contributed by atoms with E-state index >= 15 is 0 Å². The van der Waals surface area contributed by atoms with Crippen LogP contribution in [-0.2, 0) is 26.6 Å². The van der Waals surface area contributed by atoms with Crippen molar-refractivity contribution in [1.82, 2.24) is 19.0 Å². The third-order valence-electron chi connectivity index (χ3n) is 6.36. The summed E-state index contributed by atoms with van der Waals surface area (Å²) in [6.07, 6.45) is 6.59. The average Bonchev–Trinajstić information content (AvgIpc) is 3.33. The molecule has 0 aliphatic carbocycles. The van der Waals surface area contributed by atoms with Crippen molar-refractivity contribution in [2.75, 3.05) is 20.2 Å². The van der Waals surface area contributed by atoms with Crippen LogP contribution in [0.15, 0.2) is 78.1 Å². The molecule has 2 aromatic heterocycles. The van der Waals surface area contributed by atoms with Gasteiger partial charge in [-0.2, -0.15) is 0 Å². The first-order valence-electron chi connectivity index (χ1n) is 11.7. The van der Waals surface area contributed by atoms with Gasteiger partial charge in [0.25, 0.3) is 5.56 Å². The maximum atomic E-state index is 13.3. The van der Waals surface area contributed by atoms with Crippen LogP contribution < -0.4 is 10.3 Å².